The molecular formula is C14H27N3O5Si. The Morgan fingerprint density at radius 1 is 1.30 bits per heavy atom. The third kappa shape index (κ3) is 4.90. The summed E-state index contributed by atoms with van der Waals surface area (Å²) in [5.74, 6) is -0.670. The molecule has 132 valence electrons. The molecule has 2 aliphatic heterocycles. The second-order valence-electron chi connectivity index (χ2n) is 7.34. The number of ether oxygens (including phenoxy) is 4. The average Bonchev–Trinajstić information content (AvgIpc) is 2.85. The van der Waals surface area contributed by atoms with Crippen LogP contribution in [0, 0.1) is 0 Å². The number of hydrogen-bond acceptors (Lipinski definition) is 6. The largest absolute Gasteiger partial charge is 0.415 e. The molecule has 2 aliphatic rings. The Morgan fingerprint density at radius 2 is 2.00 bits per heavy atom. The van der Waals surface area contributed by atoms with Crippen molar-refractivity contribution in [3.05, 3.63) is 10.4 Å². The van der Waals surface area contributed by atoms with Crippen LogP contribution in [0.3, 0.4) is 0 Å². The summed E-state index contributed by atoms with van der Waals surface area (Å²) < 4.78 is 29.3. The molecule has 0 aromatic rings. The van der Waals surface area contributed by atoms with Crippen LogP contribution in [0.4, 0.5) is 0 Å². The van der Waals surface area contributed by atoms with Crippen molar-refractivity contribution in [2.75, 3.05) is 13.7 Å². The molecule has 5 atom stereocenters. The zero-order chi connectivity index (χ0) is 17.3. The van der Waals surface area contributed by atoms with Crippen LogP contribution in [-0.4, -0.2) is 58.5 Å². The lowest BCUT2D eigenvalue weighted by Crippen LogP contribution is -2.41. The Kier molecular flexibility index (Phi) is 5.73. The molecule has 0 radical (unpaired) electrons. The smallest absolute Gasteiger partial charge is 0.190 e. The molecule has 2 heterocycles. The fraction of sp³-hybridized carbons (Fsp3) is 1.00. The molecule has 0 aliphatic carbocycles. The van der Waals surface area contributed by atoms with Crippen molar-refractivity contribution in [3.63, 3.8) is 0 Å². The third-order valence-corrected chi connectivity index (χ3v) is 4.76. The van der Waals surface area contributed by atoms with Crippen LogP contribution in [-0.2, 0) is 23.4 Å². The molecule has 1 unspecified atom stereocenters. The molecule has 23 heavy (non-hydrogen) atoms. The van der Waals surface area contributed by atoms with Crippen LogP contribution in [0.5, 0.6) is 0 Å². The first-order valence-electron chi connectivity index (χ1n) is 7.88. The predicted molar refractivity (Wildman–Crippen MR) is 86.3 cm³/mol. The quantitative estimate of drug-likeness (QED) is 0.306. The predicted octanol–water partition coefficient (Wildman–Crippen LogP) is 2.80. The third-order valence-electron chi connectivity index (χ3n) is 3.72. The molecule has 0 N–H and O–H groups in total. The van der Waals surface area contributed by atoms with Crippen molar-refractivity contribution in [1.29, 1.82) is 0 Å². The SMILES string of the molecule is CO[C@@H]1[C@H]2OC(C)(C)O[C@H]2O[C@@H]1CC(CN=[N+]=[N-])O[Si](C)(C)C. The van der Waals surface area contributed by atoms with E-state index in [0.29, 0.717) is 6.42 Å². The van der Waals surface area contributed by atoms with E-state index in [1.54, 1.807) is 7.11 Å². The first-order valence-corrected chi connectivity index (χ1v) is 11.3. The van der Waals surface area contributed by atoms with Gasteiger partial charge in [0, 0.05) is 18.4 Å². The van der Waals surface area contributed by atoms with Gasteiger partial charge in [0.25, 0.3) is 0 Å². The zero-order valence-electron chi connectivity index (χ0n) is 14.7. The van der Waals surface area contributed by atoms with Gasteiger partial charge in [-0.3, -0.25) is 0 Å². The van der Waals surface area contributed by atoms with Gasteiger partial charge in [0.05, 0.1) is 18.8 Å². The highest BCUT2D eigenvalue weighted by Crippen LogP contribution is 2.40. The first kappa shape index (κ1) is 18.7. The Morgan fingerprint density at radius 3 is 2.57 bits per heavy atom. The van der Waals surface area contributed by atoms with E-state index < -0.39 is 20.4 Å². The molecule has 0 bridgehead atoms. The van der Waals surface area contributed by atoms with E-state index in [1.165, 1.54) is 0 Å². The van der Waals surface area contributed by atoms with Crippen molar-refractivity contribution in [2.24, 2.45) is 5.11 Å². The van der Waals surface area contributed by atoms with Crippen molar-refractivity contribution >= 4 is 8.32 Å². The summed E-state index contributed by atoms with van der Waals surface area (Å²) in [5, 5.41) is 3.66. The normalized spacial score (nSPS) is 34.0. The first-order chi connectivity index (χ1) is 10.6. The lowest BCUT2D eigenvalue weighted by Gasteiger charge is -2.30. The van der Waals surface area contributed by atoms with Gasteiger partial charge in [-0.05, 0) is 39.0 Å². The maximum atomic E-state index is 8.58. The van der Waals surface area contributed by atoms with Crippen LogP contribution in [0.1, 0.15) is 20.3 Å². The highest BCUT2D eigenvalue weighted by atomic mass is 28.4. The molecule has 8 nitrogen and oxygen atoms in total. The van der Waals surface area contributed by atoms with Gasteiger partial charge < -0.3 is 23.4 Å². The number of fused-ring (bicyclic) bond motifs is 1. The number of rotatable bonds is 7. The van der Waals surface area contributed by atoms with E-state index in [2.05, 4.69) is 29.7 Å². The van der Waals surface area contributed by atoms with Gasteiger partial charge in [-0.15, -0.1) is 0 Å². The minimum Gasteiger partial charge on any atom is -0.415 e. The molecule has 0 spiro atoms. The Hall–Kier alpha value is -0.673. The van der Waals surface area contributed by atoms with Crippen LogP contribution in [0.15, 0.2) is 5.11 Å². The average molecular weight is 345 g/mol. The van der Waals surface area contributed by atoms with Crippen LogP contribution >= 0.6 is 0 Å². The molecule has 9 heteroatoms. The van der Waals surface area contributed by atoms with Crippen LogP contribution < -0.4 is 0 Å². The number of hydrogen-bond donors (Lipinski definition) is 0. The van der Waals surface area contributed by atoms with Crippen LogP contribution in [0.2, 0.25) is 19.6 Å². The van der Waals surface area contributed by atoms with E-state index in [9.17, 15) is 0 Å². The number of methoxy groups -OCH3 is 1. The maximum absolute atomic E-state index is 8.58. The second-order valence-corrected chi connectivity index (χ2v) is 11.8. The molecule has 0 aromatic heterocycles. The lowest BCUT2D eigenvalue weighted by atomic mass is 10.0. The van der Waals surface area contributed by atoms with Crippen molar-refractivity contribution in [1.82, 2.24) is 0 Å². The molecule has 0 saturated carbocycles. The van der Waals surface area contributed by atoms with Crippen LogP contribution in [0.25, 0.3) is 10.4 Å². The fourth-order valence-electron chi connectivity index (χ4n) is 3.07. The minimum atomic E-state index is -1.77. The van der Waals surface area contributed by atoms with Gasteiger partial charge in [0.15, 0.2) is 20.4 Å². The second kappa shape index (κ2) is 7.06. The van der Waals surface area contributed by atoms with Gasteiger partial charge in [-0.2, -0.15) is 0 Å². The number of azide groups is 1. The van der Waals surface area contributed by atoms with Gasteiger partial charge in [-0.1, -0.05) is 5.11 Å². The summed E-state index contributed by atoms with van der Waals surface area (Å²) >= 11 is 0. The van der Waals surface area contributed by atoms with E-state index in [1.807, 2.05) is 13.8 Å². The zero-order valence-corrected chi connectivity index (χ0v) is 15.7. The van der Waals surface area contributed by atoms with Gasteiger partial charge >= 0.3 is 0 Å². The van der Waals surface area contributed by atoms with E-state index in [4.69, 9.17) is 28.9 Å². The molecule has 2 fully saturated rings. The Labute approximate surface area is 138 Å². The summed E-state index contributed by atoms with van der Waals surface area (Å²) in [6.07, 6.45) is -0.782. The van der Waals surface area contributed by atoms with Gasteiger partial charge in [0.2, 0.25) is 0 Å². The summed E-state index contributed by atoms with van der Waals surface area (Å²) in [5.41, 5.74) is 8.58. The monoisotopic (exact) mass is 345 g/mol. The molecular weight excluding hydrogens is 318 g/mol. The Bertz CT molecular complexity index is 464. The molecule has 2 rings (SSSR count). The van der Waals surface area contributed by atoms with Crippen molar-refractivity contribution < 1.29 is 23.4 Å². The van der Waals surface area contributed by atoms with E-state index >= 15 is 0 Å². The topological polar surface area (TPSA) is 94.9 Å². The van der Waals surface area contributed by atoms with E-state index in [0.717, 1.165) is 0 Å². The Balaban J connectivity index is 2.03. The van der Waals surface area contributed by atoms with Gasteiger partial charge in [-0.25, -0.2) is 0 Å². The molecule has 0 amide bonds. The van der Waals surface area contributed by atoms with E-state index in [-0.39, 0.29) is 31.0 Å². The number of nitrogens with zero attached hydrogens (tertiary/aromatic N) is 3. The van der Waals surface area contributed by atoms with Gasteiger partial charge in [0.1, 0.15) is 12.2 Å². The highest BCUT2D eigenvalue weighted by Gasteiger charge is 2.55. The fourth-order valence-corrected chi connectivity index (χ4v) is 4.24. The summed E-state index contributed by atoms with van der Waals surface area (Å²) in [7, 11) is -0.129. The maximum Gasteiger partial charge on any atom is 0.190 e. The molecule has 2 saturated heterocycles. The minimum absolute atomic E-state index is 0.202. The van der Waals surface area contributed by atoms with Crippen molar-refractivity contribution in [3.8, 4) is 0 Å². The summed E-state index contributed by atoms with van der Waals surface area (Å²) in [4.78, 5) is 2.83. The highest BCUT2D eigenvalue weighted by molar-refractivity contribution is 6.69. The summed E-state index contributed by atoms with van der Waals surface area (Å²) in [6.45, 7) is 10.3. The standard InChI is InChI=1S/C14H27N3O5Si/c1-14(2)20-12-11(18-3)10(19-13(12)21-14)7-9(8-16-17-15)22-23(4,5)6/h9-13H,7-8H2,1-6H3/t9?,10-,11+,12-,13-/m1/s1. The summed E-state index contributed by atoms with van der Waals surface area (Å²) in [6, 6.07) is 0. The molecule has 0 aromatic carbocycles. The van der Waals surface area contributed by atoms with Crippen molar-refractivity contribution in [2.45, 2.75) is 76.4 Å². The lowest BCUT2D eigenvalue weighted by molar-refractivity contribution is -0.218.